The molecule has 3 saturated heterocycles. The van der Waals surface area contributed by atoms with Crippen molar-refractivity contribution in [3.63, 3.8) is 0 Å². The van der Waals surface area contributed by atoms with Crippen molar-refractivity contribution in [1.29, 1.82) is 0 Å². The van der Waals surface area contributed by atoms with Crippen LogP contribution in [0, 0.1) is 5.92 Å². The molecule has 3 aliphatic heterocycles. The van der Waals surface area contributed by atoms with Gasteiger partial charge in [0.05, 0.1) is 24.0 Å². The van der Waals surface area contributed by atoms with Crippen molar-refractivity contribution in [2.24, 2.45) is 5.92 Å². The summed E-state index contributed by atoms with van der Waals surface area (Å²) in [7, 11) is 1.84. The molecule has 2 aromatic carbocycles. The molecule has 8 rings (SSSR count). The van der Waals surface area contributed by atoms with Gasteiger partial charge in [0.25, 0.3) is 0 Å². The number of anilines is 3. The second-order valence-electron chi connectivity index (χ2n) is 12.2. The molecule has 0 spiro atoms. The third-order valence-electron chi connectivity index (χ3n) is 9.38. The second-order valence-corrected chi connectivity index (χ2v) is 13.0. The van der Waals surface area contributed by atoms with Crippen LogP contribution in [0.3, 0.4) is 0 Å². The minimum Gasteiger partial charge on any atom is -0.365 e. The summed E-state index contributed by atoms with van der Waals surface area (Å²) in [6, 6.07) is 16.5. The Kier molecular flexibility index (Phi) is 7.34. The molecule has 3 fully saturated rings. The van der Waals surface area contributed by atoms with E-state index in [9.17, 15) is 9.59 Å². The number of thiazole rings is 1. The van der Waals surface area contributed by atoms with Crippen LogP contribution in [0.4, 0.5) is 16.5 Å². The normalized spacial score (nSPS) is 20.9. The average molecular weight is 635 g/mol. The molecule has 3 N–H and O–H groups in total. The fourth-order valence-electron chi connectivity index (χ4n) is 7.04. The van der Waals surface area contributed by atoms with Crippen LogP contribution in [0.15, 0.2) is 66.3 Å². The molecule has 2 amide bonds. The molecule has 234 valence electrons. The first-order chi connectivity index (χ1) is 22.5. The highest BCUT2D eigenvalue weighted by atomic mass is 32.1. The molecule has 0 unspecified atom stereocenters. The topological polar surface area (TPSA) is 135 Å². The molecule has 0 radical (unpaired) electrons. The van der Waals surface area contributed by atoms with Crippen LogP contribution in [0.25, 0.3) is 33.7 Å². The van der Waals surface area contributed by atoms with Crippen molar-refractivity contribution < 1.29 is 9.59 Å². The summed E-state index contributed by atoms with van der Waals surface area (Å²) in [4.78, 5) is 46.5. The molecule has 6 heterocycles. The van der Waals surface area contributed by atoms with E-state index in [2.05, 4.69) is 74.7 Å². The van der Waals surface area contributed by atoms with Gasteiger partial charge in [-0.3, -0.25) is 19.6 Å². The number of H-pyrrole nitrogens is 1. The van der Waals surface area contributed by atoms with Gasteiger partial charge in [-0.2, -0.15) is 5.10 Å². The van der Waals surface area contributed by atoms with Gasteiger partial charge in [-0.25, -0.2) is 15.0 Å². The summed E-state index contributed by atoms with van der Waals surface area (Å²) in [5, 5.41) is 17.4. The molecule has 0 saturated carbocycles. The minimum atomic E-state index is -0.168. The van der Waals surface area contributed by atoms with E-state index in [1.807, 2.05) is 36.7 Å². The maximum atomic E-state index is 13.4. The molecular formula is C33H34N10O2S. The predicted octanol–water partition coefficient (Wildman–Crippen LogP) is 3.94. The van der Waals surface area contributed by atoms with Crippen LogP contribution in [0.1, 0.15) is 12.8 Å². The van der Waals surface area contributed by atoms with Crippen LogP contribution < -0.4 is 15.5 Å². The first kappa shape index (κ1) is 28.6. The smallest absolute Gasteiger partial charge is 0.237 e. The molecule has 3 aromatic heterocycles. The van der Waals surface area contributed by atoms with Gasteiger partial charge in [0.15, 0.2) is 11.0 Å². The number of carbonyl (C=O) groups is 2. The Bertz CT molecular complexity index is 1890. The zero-order valence-electron chi connectivity index (χ0n) is 25.4. The van der Waals surface area contributed by atoms with Gasteiger partial charge in [-0.1, -0.05) is 0 Å². The van der Waals surface area contributed by atoms with Crippen LogP contribution >= 0.6 is 11.3 Å². The first-order valence-electron chi connectivity index (χ1n) is 15.6. The van der Waals surface area contributed by atoms with Crippen LogP contribution in [0.5, 0.6) is 0 Å². The lowest BCUT2D eigenvalue weighted by Gasteiger charge is -2.36. The van der Waals surface area contributed by atoms with Crippen molar-refractivity contribution in [3.05, 3.63) is 66.3 Å². The van der Waals surface area contributed by atoms with Crippen LogP contribution in [-0.4, -0.2) is 98.6 Å². The zero-order chi connectivity index (χ0) is 31.2. The van der Waals surface area contributed by atoms with Crippen molar-refractivity contribution in [2.75, 3.05) is 55.3 Å². The number of piperazine rings is 1. The van der Waals surface area contributed by atoms with E-state index in [0.29, 0.717) is 19.1 Å². The van der Waals surface area contributed by atoms with Crippen LogP contribution in [-0.2, 0) is 9.59 Å². The molecule has 2 bridgehead atoms. The molecule has 12 nitrogen and oxygen atoms in total. The number of amides is 2. The molecule has 0 aliphatic carbocycles. The lowest BCUT2D eigenvalue weighted by atomic mass is 10.1. The maximum absolute atomic E-state index is 13.4. The van der Waals surface area contributed by atoms with Gasteiger partial charge in [-0.05, 0) is 67.9 Å². The maximum Gasteiger partial charge on any atom is 0.237 e. The second kappa shape index (κ2) is 11.8. The number of hydrogen-bond acceptors (Lipinski definition) is 10. The Morgan fingerprint density at radius 3 is 2.65 bits per heavy atom. The largest absolute Gasteiger partial charge is 0.365 e. The number of fused-ring (bicyclic) bond motifs is 3. The number of likely N-dealkylation sites (tertiary alicyclic amines) is 2. The highest BCUT2D eigenvalue weighted by Crippen LogP contribution is 2.36. The molecule has 13 heteroatoms. The third-order valence-corrected chi connectivity index (χ3v) is 10.2. The van der Waals surface area contributed by atoms with Crippen molar-refractivity contribution in [2.45, 2.75) is 24.9 Å². The summed E-state index contributed by atoms with van der Waals surface area (Å²) in [6.07, 6.45) is 5.22. The average Bonchev–Trinajstić information content (AvgIpc) is 3.93. The van der Waals surface area contributed by atoms with E-state index >= 15 is 0 Å². The lowest BCUT2D eigenvalue weighted by molar-refractivity contribution is -0.133. The Labute approximate surface area is 269 Å². The highest BCUT2D eigenvalue weighted by Gasteiger charge is 2.45. The van der Waals surface area contributed by atoms with Crippen LogP contribution in [0.2, 0.25) is 0 Å². The van der Waals surface area contributed by atoms with E-state index in [0.717, 1.165) is 77.0 Å². The Morgan fingerprint density at radius 1 is 1.04 bits per heavy atom. The predicted molar refractivity (Wildman–Crippen MR) is 179 cm³/mol. The van der Waals surface area contributed by atoms with Gasteiger partial charge in [0.1, 0.15) is 11.4 Å². The van der Waals surface area contributed by atoms with Crippen molar-refractivity contribution in [1.82, 2.24) is 34.9 Å². The Morgan fingerprint density at radius 2 is 1.89 bits per heavy atom. The minimum absolute atomic E-state index is 0.0220. The molecular weight excluding hydrogens is 600 g/mol. The summed E-state index contributed by atoms with van der Waals surface area (Å²) < 4.78 is 0. The highest BCUT2D eigenvalue weighted by molar-refractivity contribution is 7.14. The number of rotatable bonds is 8. The van der Waals surface area contributed by atoms with E-state index < -0.39 is 0 Å². The number of carbonyl (C=O) groups excluding carboxylic acids is 2. The number of hydrogen-bond donors (Lipinski definition) is 3. The fraction of sp³-hybridized carbons (Fsp3) is 0.333. The van der Waals surface area contributed by atoms with E-state index in [1.54, 1.807) is 12.4 Å². The van der Waals surface area contributed by atoms with Gasteiger partial charge < -0.3 is 20.4 Å². The number of aromatic amines is 1. The summed E-state index contributed by atoms with van der Waals surface area (Å²) in [6.45, 7) is 3.24. The monoisotopic (exact) mass is 634 g/mol. The standard InChI is InChI=1S/C33H34N10O2S/c1-34-33-38-28(19-46-33)30-26-13-22(5-8-27(26)39-40-30)37-32(45)21-9-12-41(15-21)18-29(44)43-17-24-14-25(43)16-42(24)23-6-3-20(4-7-23)31-35-10-2-11-36-31/h2-8,10-11,13,19,21,24-25H,9,12,14-18H2,1H3,(H,34,38)(H,37,45)(H,39,40)/t21-,24+,25+/m1/s1. The van der Waals surface area contributed by atoms with Gasteiger partial charge >= 0.3 is 0 Å². The molecule has 3 atom stereocenters. The summed E-state index contributed by atoms with van der Waals surface area (Å²) in [5.74, 6) is 0.687. The Hall–Kier alpha value is -4.88. The molecule has 5 aromatic rings. The molecule has 46 heavy (non-hydrogen) atoms. The fourth-order valence-corrected chi connectivity index (χ4v) is 7.70. The quantitative estimate of drug-likeness (QED) is 0.232. The third kappa shape index (κ3) is 5.35. The van der Waals surface area contributed by atoms with E-state index in [-0.39, 0.29) is 23.8 Å². The zero-order valence-corrected chi connectivity index (χ0v) is 26.2. The number of aromatic nitrogens is 5. The SMILES string of the molecule is CNc1nc(-c2n[nH]c3ccc(NC(=O)[C@@H]4CCN(CC(=O)N5C[C@@H]6C[C@H]5CN6c5ccc(-c6ncccn6)cc5)C4)cc23)cs1. The van der Waals surface area contributed by atoms with E-state index in [4.69, 9.17) is 0 Å². The Balaban J connectivity index is 0.847. The van der Waals surface area contributed by atoms with Crippen molar-refractivity contribution in [3.8, 4) is 22.8 Å². The van der Waals surface area contributed by atoms with Crippen molar-refractivity contribution >= 4 is 50.6 Å². The van der Waals surface area contributed by atoms with E-state index in [1.165, 1.54) is 17.0 Å². The number of nitrogens with zero attached hydrogens (tertiary/aromatic N) is 7. The summed E-state index contributed by atoms with van der Waals surface area (Å²) >= 11 is 1.52. The number of nitrogens with one attached hydrogen (secondary N) is 3. The van der Waals surface area contributed by atoms with Gasteiger partial charge in [-0.15, -0.1) is 11.3 Å². The summed E-state index contributed by atoms with van der Waals surface area (Å²) in [5.41, 5.74) is 5.30. The molecule has 3 aliphatic rings. The lowest BCUT2D eigenvalue weighted by Crippen LogP contribution is -2.51. The van der Waals surface area contributed by atoms with Gasteiger partial charge in [0, 0.05) is 72.8 Å². The first-order valence-corrected chi connectivity index (χ1v) is 16.5. The van der Waals surface area contributed by atoms with Gasteiger partial charge in [0.2, 0.25) is 11.8 Å². The number of benzene rings is 2.